The third-order valence-corrected chi connectivity index (χ3v) is 15.1. The molecule has 360 valence electrons. The molecule has 0 spiro atoms. The van der Waals surface area contributed by atoms with Gasteiger partial charge in [0.25, 0.3) is 11.8 Å². The van der Waals surface area contributed by atoms with E-state index >= 15 is 8.78 Å². The van der Waals surface area contributed by atoms with E-state index in [1.165, 1.54) is 57.4 Å². The Morgan fingerprint density at radius 3 is 2.27 bits per heavy atom. The predicted molar refractivity (Wildman–Crippen MR) is 230 cm³/mol. The standard InChI is InChI=1S/C43H40ClF10N7O4S2/c1-6-7-32(63)61(66-4)39-34-29(44)11-10-26(36(34)60(58-39)20-41(47,48)49)25-9-8-24(12-13-40(2,3)67(5,64)65)55-35(25)30(16-21-14-22(45)17-23(46)15-21)56-31(62)19-59-38-33(37(57-59)43(52,53)54)27-18-28(27)42(38,50)51/h6-11,14-15,17,27-28,30H,12-13,16,18-20H2,1-5H3,(H,56,62)/b7-6+/t27-,28+,30?/m0/s1. The summed E-state index contributed by atoms with van der Waals surface area (Å²) in [7, 11) is -3.67. The molecular formula is C43H40ClF10N7O4S2. The van der Waals surface area contributed by atoms with Crippen LogP contribution in [0.2, 0.25) is 5.02 Å². The van der Waals surface area contributed by atoms with Gasteiger partial charge in [-0.3, -0.25) is 23.9 Å². The minimum atomic E-state index is -5.16. The number of rotatable bonds is 15. The predicted octanol–water partition coefficient (Wildman–Crippen LogP) is 10.1. The molecule has 2 aliphatic rings. The van der Waals surface area contributed by atoms with Crippen molar-refractivity contribution in [2.75, 3.05) is 16.8 Å². The van der Waals surface area contributed by atoms with Crippen molar-refractivity contribution >= 4 is 61.9 Å². The lowest BCUT2D eigenvalue weighted by atomic mass is 9.93. The van der Waals surface area contributed by atoms with Gasteiger partial charge in [-0.05, 0) is 94.1 Å². The van der Waals surface area contributed by atoms with Gasteiger partial charge in [-0.15, -0.1) is 0 Å². The molecule has 1 saturated carbocycles. The second-order valence-electron chi connectivity index (χ2n) is 16.9. The molecule has 24 heteroatoms. The highest BCUT2D eigenvalue weighted by Crippen LogP contribution is 2.68. The summed E-state index contributed by atoms with van der Waals surface area (Å²) >= 11 is 7.50. The number of sulfone groups is 1. The molecule has 1 N–H and O–H groups in total. The van der Waals surface area contributed by atoms with Crippen molar-refractivity contribution in [2.24, 2.45) is 5.92 Å². The van der Waals surface area contributed by atoms with Crippen LogP contribution < -0.4 is 9.62 Å². The molecule has 3 atom stereocenters. The molecule has 0 saturated heterocycles. The van der Waals surface area contributed by atoms with Crippen molar-refractivity contribution in [1.82, 2.24) is 29.9 Å². The number of anilines is 1. The quantitative estimate of drug-likeness (QED) is 0.0623. The fourth-order valence-corrected chi connectivity index (χ4v) is 9.56. The van der Waals surface area contributed by atoms with Gasteiger partial charge in [-0.1, -0.05) is 29.8 Å². The Bertz CT molecular complexity index is 2910. The van der Waals surface area contributed by atoms with Gasteiger partial charge in [0.2, 0.25) is 5.91 Å². The Hall–Kier alpha value is -5.16. The fourth-order valence-electron chi connectivity index (χ4n) is 8.31. The van der Waals surface area contributed by atoms with Crippen LogP contribution >= 0.6 is 23.5 Å². The van der Waals surface area contributed by atoms with Crippen LogP contribution in [0.15, 0.2) is 54.6 Å². The van der Waals surface area contributed by atoms with Gasteiger partial charge < -0.3 is 5.32 Å². The second-order valence-corrected chi connectivity index (χ2v) is 20.7. The van der Waals surface area contributed by atoms with Crippen molar-refractivity contribution in [1.29, 1.82) is 0 Å². The van der Waals surface area contributed by atoms with Crippen molar-refractivity contribution in [3.05, 3.63) is 105 Å². The number of carbonyl (C=O) groups excluding carboxylic acids is 2. The van der Waals surface area contributed by atoms with Crippen LogP contribution in [0.1, 0.15) is 79.5 Å². The molecule has 3 aromatic heterocycles. The zero-order chi connectivity index (χ0) is 49.3. The number of pyridine rings is 1. The second kappa shape index (κ2) is 17.7. The molecular weight excluding hydrogens is 968 g/mol. The number of nitrogens with one attached hydrogen (secondary N) is 1. The summed E-state index contributed by atoms with van der Waals surface area (Å²) in [5.41, 5.74) is -4.03. The molecule has 2 aliphatic carbocycles. The maximum atomic E-state index is 15.5. The monoisotopic (exact) mass is 1010 g/mol. The van der Waals surface area contributed by atoms with Gasteiger partial charge in [0, 0.05) is 53.0 Å². The normalized spacial score (nSPS) is 17.5. The van der Waals surface area contributed by atoms with E-state index in [-0.39, 0.29) is 73.8 Å². The van der Waals surface area contributed by atoms with Crippen molar-refractivity contribution in [3.63, 3.8) is 0 Å². The number of fused-ring (bicyclic) bond motifs is 4. The van der Waals surface area contributed by atoms with E-state index in [0.29, 0.717) is 10.7 Å². The van der Waals surface area contributed by atoms with E-state index < -0.39 is 111 Å². The van der Waals surface area contributed by atoms with E-state index in [1.54, 1.807) is 0 Å². The molecule has 0 bridgehead atoms. The van der Waals surface area contributed by atoms with Gasteiger partial charge in [0.15, 0.2) is 21.3 Å². The number of benzene rings is 2. The largest absolute Gasteiger partial charge is 0.435 e. The van der Waals surface area contributed by atoms with Crippen LogP contribution in [-0.2, 0) is 57.5 Å². The summed E-state index contributed by atoms with van der Waals surface area (Å²) < 4.78 is 172. The van der Waals surface area contributed by atoms with Crippen molar-refractivity contribution in [2.45, 2.75) is 94.5 Å². The minimum Gasteiger partial charge on any atom is -0.346 e. The number of allylic oxidation sites excluding steroid dienone is 1. The van der Waals surface area contributed by atoms with Crippen LogP contribution in [0.4, 0.5) is 49.7 Å². The van der Waals surface area contributed by atoms with Crippen LogP contribution in [0, 0.1) is 17.6 Å². The molecule has 2 aromatic carbocycles. The molecule has 2 amide bonds. The molecule has 3 heterocycles. The van der Waals surface area contributed by atoms with Crippen LogP contribution in [0.5, 0.6) is 0 Å². The van der Waals surface area contributed by atoms with Gasteiger partial charge >= 0.3 is 12.4 Å². The zero-order valence-corrected chi connectivity index (χ0v) is 38.4. The highest BCUT2D eigenvalue weighted by atomic mass is 35.5. The van der Waals surface area contributed by atoms with Crippen LogP contribution in [0.3, 0.4) is 0 Å². The summed E-state index contributed by atoms with van der Waals surface area (Å²) in [5, 5.41) is 9.87. The topological polar surface area (TPSA) is 132 Å². The maximum Gasteiger partial charge on any atom is 0.435 e. The highest BCUT2D eigenvalue weighted by molar-refractivity contribution is 8.00. The van der Waals surface area contributed by atoms with Crippen molar-refractivity contribution < 1.29 is 61.9 Å². The van der Waals surface area contributed by atoms with Crippen LogP contribution in [0.25, 0.3) is 22.0 Å². The Kier molecular flexibility index (Phi) is 13.2. The Morgan fingerprint density at radius 1 is 1.01 bits per heavy atom. The summed E-state index contributed by atoms with van der Waals surface area (Å²) in [6, 6.07) is 6.14. The Balaban J connectivity index is 1.44. The number of aryl methyl sites for hydroxylation is 1. The SMILES string of the molecule is C/C=C/C(=O)N(SC)c1nn(CC(F)(F)F)c2c(-c3ccc(CCC(C)(C)S(C)(=O)=O)nc3C(Cc3cc(F)cc(F)c3)NC(=O)Cn3nc(C(F)(F)F)c4c3C(F)(F)[C@@H]3C[C@H]43)ccc(Cl)c12. The van der Waals surface area contributed by atoms with E-state index in [0.717, 1.165) is 40.7 Å². The molecule has 67 heavy (non-hydrogen) atoms. The average Bonchev–Trinajstić information content (AvgIpc) is 3.71. The fraction of sp³-hybridized carbons (Fsp3) is 0.419. The lowest BCUT2D eigenvalue weighted by Crippen LogP contribution is -2.35. The molecule has 7 rings (SSSR count). The first-order valence-electron chi connectivity index (χ1n) is 20.3. The van der Waals surface area contributed by atoms with Gasteiger partial charge in [0.1, 0.15) is 30.4 Å². The summed E-state index contributed by atoms with van der Waals surface area (Å²) in [6.07, 6.45) is -5.94. The van der Waals surface area contributed by atoms with Crippen molar-refractivity contribution in [3.8, 4) is 11.1 Å². The summed E-state index contributed by atoms with van der Waals surface area (Å²) in [5.74, 6) is -10.7. The first-order valence-corrected chi connectivity index (χ1v) is 23.8. The Morgan fingerprint density at radius 2 is 1.67 bits per heavy atom. The van der Waals surface area contributed by atoms with Gasteiger partial charge in [-0.2, -0.15) is 45.3 Å². The third-order valence-electron chi connectivity index (χ3n) is 11.8. The van der Waals surface area contributed by atoms with Crippen LogP contribution in [-0.4, -0.2) is 68.2 Å². The van der Waals surface area contributed by atoms with E-state index in [1.807, 2.05) is 0 Å². The van der Waals surface area contributed by atoms with Gasteiger partial charge in [-0.25, -0.2) is 21.5 Å². The summed E-state index contributed by atoms with van der Waals surface area (Å²) in [4.78, 5) is 32.1. The van der Waals surface area contributed by atoms with Gasteiger partial charge in [0.05, 0.1) is 32.4 Å². The first kappa shape index (κ1) is 49.7. The number of hydrogen-bond donors (Lipinski definition) is 1. The molecule has 11 nitrogen and oxygen atoms in total. The molecule has 5 aromatic rings. The lowest BCUT2D eigenvalue weighted by Gasteiger charge is -2.25. The molecule has 0 aliphatic heterocycles. The number of carbonyl (C=O) groups is 2. The number of amides is 2. The number of alkyl halides is 8. The molecule has 1 unspecified atom stereocenters. The third kappa shape index (κ3) is 9.90. The lowest BCUT2D eigenvalue weighted by molar-refractivity contribution is -0.143. The van der Waals surface area contributed by atoms with E-state index in [2.05, 4.69) is 15.5 Å². The highest BCUT2D eigenvalue weighted by Gasteiger charge is 2.68. The van der Waals surface area contributed by atoms with E-state index in [9.17, 15) is 53.1 Å². The maximum absolute atomic E-state index is 15.5. The first-order chi connectivity index (χ1) is 31.1. The smallest absolute Gasteiger partial charge is 0.346 e. The average molecular weight is 1010 g/mol. The summed E-state index contributed by atoms with van der Waals surface area (Å²) in [6.45, 7) is 1.53. The number of hydrogen-bond acceptors (Lipinski definition) is 8. The number of nitrogens with zero attached hydrogens (tertiary/aromatic N) is 6. The Labute approximate surface area is 386 Å². The van der Waals surface area contributed by atoms with E-state index in [4.69, 9.17) is 16.6 Å². The number of halogens is 11. The molecule has 0 radical (unpaired) electrons. The zero-order valence-electron chi connectivity index (χ0n) is 36.0. The molecule has 1 fully saturated rings. The number of aromatic nitrogens is 5. The minimum absolute atomic E-state index is 0.0381.